The van der Waals surface area contributed by atoms with Crippen molar-refractivity contribution in [3.63, 3.8) is 0 Å². The van der Waals surface area contributed by atoms with E-state index < -0.39 is 5.76 Å². The lowest BCUT2D eigenvalue weighted by Gasteiger charge is -2.31. The van der Waals surface area contributed by atoms with Crippen molar-refractivity contribution in [1.82, 2.24) is 5.32 Å². The quantitative estimate of drug-likeness (QED) is 0.818. The highest BCUT2D eigenvalue weighted by Gasteiger charge is 2.28. The zero-order valence-electron chi connectivity index (χ0n) is 10.9. The molecule has 2 N–H and O–H groups in total. The summed E-state index contributed by atoms with van der Waals surface area (Å²) >= 11 is 0.496. The van der Waals surface area contributed by atoms with Crippen LogP contribution in [-0.2, 0) is 4.79 Å². The van der Waals surface area contributed by atoms with Gasteiger partial charge in [-0.3, -0.25) is 4.79 Å². The number of hydrogen-bond acceptors (Lipinski definition) is 3. The van der Waals surface area contributed by atoms with Crippen LogP contribution in [0.15, 0.2) is 29.2 Å². The summed E-state index contributed by atoms with van der Waals surface area (Å²) < 4.78 is 24.3. The zero-order chi connectivity index (χ0) is 13.8. The summed E-state index contributed by atoms with van der Waals surface area (Å²) in [5, 5.41) is 5.94. The maximum Gasteiger partial charge on any atom is 0.288 e. The van der Waals surface area contributed by atoms with Gasteiger partial charge in [0, 0.05) is 16.5 Å². The Morgan fingerprint density at radius 2 is 1.95 bits per heavy atom. The number of carbonyl (C=O) groups excluding carboxylic acids is 1. The maximum absolute atomic E-state index is 12.2. The fourth-order valence-corrected chi connectivity index (χ4v) is 2.35. The molecular weight excluding hydrogens is 306 g/mol. The van der Waals surface area contributed by atoms with E-state index in [2.05, 4.69) is 10.6 Å². The Balaban J connectivity index is 0.00000200. The molecular formula is C13H17ClF2N2OS. The van der Waals surface area contributed by atoms with Gasteiger partial charge in [-0.25, -0.2) is 0 Å². The number of rotatable bonds is 5. The topological polar surface area (TPSA) is 41.1 Å². The van der Waals surface area contributed by atoms with Gasteiger partial charge in [0.2, 0.25) is 5.91 Å². The van der Waals surface area contributed by atoms with Gasteiger partial charge in [-0.1, -0.05) is 18.7 Å². The Morgan fingerprint density at radius 3 is 2.40 bits per heavy atom. The lowest BCUT2D eigenvalue weighted by molar-refractivity contribution is -0.121. The first-order valence-electron chi connectivity index (χ1n) is 6.12. The first-order valence-corrected chi connectivity index (χ1v) is 7.00. The van der Waals surface area contributed by atoms with Crippen molar-refractivity contribution in [3.05, 3.63) is 24.3 Å². The van der Waals surface area contributed by atoms with Crippen molar-refractivity contribution in [3.8, 4) is 0 Å². The van der Waals surface area contributed by atoms with Crippen LogP contribution in [0, 0.1) is 11.8 Å². The molecule has 0 radical (unpaired) electrons. The van der Waals surface area contributed by atoms with Crippen molar-refractivity contribution in [2.45, 2.75) is 17.6 Å². The number of anilines is 1. The van der Waals surface area contributed by atoms with E-state index in [4.69, 9.17) is 0 Å². The molecule has 112 valence electrons. The summed E-state index contributed by atoms with van der Waals surface area (Å²) in [4.78, 5) is 12.4. The molecule has 1 unspecified atom stereocenters. The van der Waals surface area contributed by atoms with Crippen LogP contribution in [0.4, 0.5) is 14.5 Å². The van der Waals surface area contributed by atoms with Crippen LogP contribution in [0.1, 0.15) is 6.92 Å². The van der Waals surface area contributed by atoms with Gasteiger partial charge in [0.15, 0.2) is 0 Å². The predicted octanol–water partition coefficient (Wildman–Crippen LogP) is 3.22. The van der Waals surface area contributed by atoms with Crippen molar-refractivity contribution >= 4 is 35.8 Å². The number of amides is 1. The van der Waals surface area contributed by atoms with Gasteiger partial charge in [0.05, 0.1) is 0 Å². The lowest BCUT2D eigenvalue weighted by atomic mass is 9.88. The Labute approximate surface area is 127 Å². The van der Waals surface area contributed by atoms with Gasteiger partial charge in [-0.05, 0) is 43.3 Å². The fraction of sp³-hybridized carbons (Fsp3) is 0.462. The van der Waals surface area contributed by atoms with E-state index in [1.165, 1.54) is 0 Å². The number of alkyl halides is 2. The molecule has 1 amide bonds. The van der Waals surface area contributed by atoms with Crippen molar-refractivity contribution < 1.29 is 13.6 Å². The Bertz CT molecular complexity index is 441. The molecule has 0 saturated carbocycles. The molecule has 1 aromatic carbocycles. The summed E-state index contributed by atoms with van der Waals surface area (Å²) in [6.45, 7) is 3.65. The van der Waals surface area contributed by atoms with Crippen molar-refractivity contribution in [2.24, 2.45) is 11.8 Å². The molecule has 1 aliphatic rings. The summed E-state index contributed by atoms with van der Waals surface area (Å²) in [5.74, 6) is -2.11. The van der Waals surface area contributed by atoms with E-state index in [9.17, 15) is 13.6 Å². The third kappa shape index (κ3) is 4.61. The van der Waals surface area contributed by atoms with Crippen LogP contribution in [-0.4, -0.2) is 24.8 Å². The van der Waals surface area contributed by atoms with Gasteiger partial charge in [0.1, 0.15) is 0 Å². The first-order chi connectivity index (χ1) is 9.06. The average Bonchev–Trinajstić information content (AvgIpc) is 2.28. The molecule has 2 rings (SSSR count). The Morgan fingerprint density at radius 1 is 1.35 bits per heavy atom. The second-order valence-corrected chi connectivity index (χ2v) is 5.66. The minimum Gasteiger partial charge on any atom is -0.326 e. The van der Waals surface area contributed by atoms with E-state index in [0.717, 1.165) is 13.1 Å². The zero-order valence-corrected chi connectivity index (χ0v) is 12.6. The molecule has 0 spiro atoms. The van der Waals surface area contributed by atoms with E-state index >= 15 is 0 Å². The molecule has 1 heterocycles. The van der Waals surface area contributed by atoms with E-state index in [0.29, 0.717) is 28.3 Å². The highest BCUT2D eigenvalue weighted by molar-refractivity contribution is 7.99. The van der Waals surface area contributed by atoms with E-state index in [1.54, 1.807) is 24.3 Å². The second-order valence-electron chi connectivity index (χ2n) is 4.60. The summed E-state index contributed by atoms with van der Waals surface area (Å²) in [7, 11) is 0. The maximum atomic E-state index is 12.2. The van der Waals surface area contributed by atoms with Gasteiger partial charge >= 0.3 is 0 Å². The monoisotopic (exact) mass is 322 g/mol. The molecule has 0 aromatic heterocycles. The largest absolute Gasteiger partial charge is 0.326 e. The summed E-state index contributed by atoms with van der Waals surface area (Å²) in [5.41, 5.74) is 0.641. The van der Waals surface area contributed by atoms with Crippen LogP contribution in [0.2, 0.25) is 0 Å². The Kier molecular flexibility index (Phi) is 6.71. The molecule has 1 saturated heterocycles. The SMILES string of the molecule is CC(C(=O)Nc1ccc(SC(F)F)cc1)C1CNC1.Cl. The van der Waals surface area contributed by atoms with Crippen LogP contribution in [0.25, 0.3) is 0 Å². The van der Waals surface area contributed by atoms with Crippen molar-refractivity contribution in [1.29, 1.82) is 0 Å². The summed E-state index contributed by atoms with van der Waals surface area (Å²) in [6, 6.07) is 6.47. The predicted molar refractivity (Wildman–Crippen MR) is 79.7 cm³/mol. The molecule has 7 heteroatoms. The standard InChI is InChI=1S/C13H16F2N2OS.ClH/c1-8(9-6-16-7-9)12(18)17-10-2-4-11(5-3-10)19-13(14)15;/h2-5,8-9,13,16H,6-7H2,1H3,(H,17,18);1H. The minimum atomic E-state index is -2.42. The molecule has 1 atom stereocenters. The smallest absolute Gasteiger partial charge is 0.288 e. The number of hydrogen-bond donors (Lipinski definition) is 2. The third-order valence-electron chi connectivity index (χ3n) is 3.28. The number of thioether (sulfide) groups is 1. The highest BCUT2D eigenvalue weighted by atomic mass is 35.5. The number of benzene rings is 1. The first kappa shape index (κ1) is 17.2. The molecule has 0 aliphatic carbocycles. The van der Waals surface area contributed by atoms with Gasteiger partial charge in [0.25, 0.3) is 5.76 Å². The molecule has 1 fully saturated rings. The van der Waals surface area contributed by atoms with Gasteiger partial charge in [-0.2, -0.15) is 8.78 Å². The van der Waals surface area contributed by atoms with E-state index in [-0.39, 0.29) is 24.2 Å². The molecule has 1 aromatic rings. The van der Waals surface area contributed by atoms with Crippen LogP contribution >= 0.6 is 24.2 Å². The number of carbonyl (C=O) groups is 1. The lowest BCUT2D eigenvalue weighted by Crippen LogP contribution is -2.48. The second kappa shape index (κ2) is 7.81. The molecule has 1 aliphatic heterocycles. The minimum absolute atomic E-state index is 0. The molecule has 20 heavy (non-hydrogen) atoms. The van der Waals surface area contributed by atoms with Crippen molar-refractivity contribution in [2.75, 3.05) is 18.4 Å². The average molecular weight is 323 g/mol. The van der Waals surface area contributed by atoms with Gasteiger partial charge < -0.3 is 10.6 Å². The highest BCUT2D eigenvalue weighted by Crippen LogP contribution is 2.26. The fourth-order valence-electron chi connectivity index (χ4n) is 1.85. The Hall–Kier alpha value is -0.850. The summed E-state index contributed by atoms with van der Waals surface area (Å²) in [6.07, 6.45) is 0. The van der Waals surface area contributed by atoms with Crippen LogP contribution < -0.4 is 10.6 Å². The normalized spacial score (nSPS) is 16.2. The number of nitrogens with one attached hydrogen (secondary N) is 2. The third-order valence-corrected chi connectivity index (χ3v) is 4.00. The van der Waals surface area contributed by atoms with E-state index in [1.807, 2.05) is 6.92 Å². The molecule has 0 bridgehead atoms. The van der Waals surface area contributed by atoms with Gasteiger partial charge in [-0.15, -0.1) is 12.4 Å². The van der Waals surface area contributed by atoms with Crippen LogP contribution in [0.3, 0.4) is 0 Å². The molecule has 3 nitrogen and oxygen atoms in total. The number of halogens is 3. The van der Waals surface area contributed by atoms with Crippen LogP contribution in [0.5, 0.6) is 0 Å².